The van der Waals surface area contributed by atoms with Gasteiger partial charge in [-0.25, -0.2) is 0 Å². The second kappa shape index (κ2) is 6.09. The molecule has 1 heterocycles. The van der Waals surface area contributed by atoms with E-state index in [1.807, 2.05) is 6.07 Å². The van der Waals surface area contributed by atoms with Crippen LogP contribution in [0.4, 0.5) is 0 Å². The maximum atomic E-state index is 6.11. The molecule has 2 rings (SSSR count). The minimum Gasteiger partial charge on any atom is -0.370 e. The van der Waals surface area contributed by atoms with Crippen molar-refractivity contribution >= 4 is 5.96 Å². The second-order valence-corrected chi connectivity index (χ2v) is 5.97. The van der Waals surface area contributed by atoms with Gasteiger partial charge in [-0.05, 0) is 24.8 Å². The van der Waals surface area contributed by atoms with Gasteiger partial charge in [0.1, 0.15) is 0 Å². The number of benzene rings is 1. The van der Waals surface area contributed by atoms with Gasteiger partial charge in [-0.1, -0.05) is 44.2 Å². The van der Waals surface area contributed by atoms with E-state index < -0.39 is 0 Å². The lowest BCUT2D eigenvalue weighted by atomic mass is 9.85. The molecule has 3 heteroatoms. The zero-order chi connectivity index (χ0) is 13.7. The molecule has 0 spiro atoms. The van der Waals surface area contributed by atoms with E-state index in [1.54, 1.807) is 0 Å². The fraction of sp³-hybridized carbons (Fsp3) is 0.562. The molecule has 0 amide bonds. The number of piperidine rings is 1. The van der Waals surface area contributed by atoms with Gasteiger partial charge in [0.05, 0.1) is 6.54 Å². The molecular weight excluding hydrogens is 234 g/mol. The van der Waals surface area contributed by atoms with E-state index in [2.05, 4.69) is 48.0 Å². The van der Waals surface area contributed by atoms with Crippen LogP contribution < -0.4 is 5.73 Å². The molecule has 3 nitrogen and oxygen atoms in total. The van der Waals surface area contributed by atoms with Gasteiger partial charge in [-0.15, -0.1) is 0 Å². The van der Waals surface area contributed by atoms with E-state index in [0.29, 0.717) is 5.96 Å². The highest BCUT2D eigenvalue weighted by Crippen LogP contribution is 2.23. The summed E-state index contributed by atoms with van der Waals surface area (Å²) in [5.41, 5.74) is 7.45. The van der Waals surface area contributed by atoms with Crippen molar-refractivity contribution in [2.24, 2.45) is 10.7 Å². The monoisotopic (exact) mass is 259 g/mol. The van der Waals surface area contributed by atoms with Crippen molar-refractivity contribution in [1.29, 1.82) is 0 Å². The Morgan fingerprint density at radius 1 is 1.16 bits per heavy atom. The first-order chi connectivity index (χ1) is 9.09. The largest absolute Gasteiger partial charge is 0.370 e. The zero-order valence-corrected chi connectivity index (χ0v) is 12.1. The molecule has 0 bridgehead atoms. The summed E-state index contributed by atoms with van der Waals surface area (Å²) in [6.45, 7) is 7.28. The van der Waals surface area contributed by atoms with Crippen LogP contribution in [0.25, 0.3) is 0 Å². The van der Waals surface area contributed by atoms with Crippen molar-refractivity contribution in [3.05, 3.63) is 35.9 Å². The van der Waals surface area contributed by atoms with Crippen LogP contribution in [0.5, 0.6) is 0 Å². The van der Waals surface area contributed by atoms with E-state index >= 15 is 0 Å². The second-order valence-electron chi connectivity index (χ2n) is 5.97. The van der Waals surface area contributed by atoms with E-state index in [-0.39, 0.29) is 5.41 Å². The van der Waals surface area contributed by atoms with Crippen LogP contribution in [-0.4, -0.2) is 30.5 Å². The summed E-state index contributed by atoms with van der Waals surface area (Å²) in [5.74, 6) is 0.712. The Morgan fingerprint density at radius 2 is 1.79 bits per heavy atom. The Bertz CT molecular complexity index is 417. The molecule has 0 aliphatic carbocycles. The quantitative estimate of drug-likeness (QED) is 0.670. The number of likely N-dealkylation sites (tertiary alicyclic amines) is 1. The molecule has 1 fully saturated rings. The first kappa shape index (κ1) is 13.9. The van der Waals surface area contributed by atoms with Crippen molar-refractivity contribution in [2.45, 2.75) is 38.5 Å². The lowest BCUT2D eigenvalue weighted by molar-refractivity contribution is 0.337. The summed E-state index contributed by atoms with van der Waals surface area (Å²) < 4.78 is 0. The van der Waals surface area contributed by atoms with E-state index in [0.717, 1.165) is 19.6 Å². The molecule has 1 aliphatic rings. The van der Waals surface area contributed by atoms with Gasteiger partial charge in [-0.2, -0.15) is 0 Å². The highest BCUT2D eigenvalue weighted by molar-refractivity contribution is 5.78. The Balaban J connectivity index is 2.00. The fourth-order valence-corrected chi connectivity index (χ4v) is 2.48. The average Bonchev–Trinajstić information content (AvgIpc) is 2.47. The Labute approximate surface area is 116 Å². The number of nitrogens with zero attached hydrogens (tertiary/aromatic N) is 2. The van der Waals surface area contributed by atoms with Gasteiger partial charge in [0, 0.05) is 18.5 Å². The molecule has 1 aromatic rings. The van der Waals surface area contributed by atoms with Gasteiger partial charge >= 0.3 is 0 Å². The summed E-state index contributed by atoms with van der Waals surface area (Å²) in [7, 11) is 0. The van der Waals surface area contributed by atoms with Crippen LogP contribution >= 0.6 is 0 Å². The predicted octanol–water partition coefficient (Wildman–Crippen LogP) is 2.76. The van der Waals surface area contributed by atoms with Crippen molar-refractivity contribution in [1.82, 2.24) is 4.90 Å². The van der Waals surface area contributed by atoms with Gasteiger partial charge in [-0.3, -0.25) is 4.99 Å². The molecule has 0 unspecified atom stereocenters. The molecule has 1 saturated heterocycles. The van der Waals surface area contributed by atoms with Crippen molar-refractivity contribution in [2.75, 3.05) is 19.6 Å². The minimum atomic E-state index is 0.0294. The molecule has 1 aliphatic heterocycles. The normalized spacial score (nSPS) is 17.6. The van der Waals surface area contributed by atoms with Crippen LogP contribution in [0.1, 0.15) is 38.7 Å². The Hall–Kier alpha value is -1.51. The molecule has 2 N–H and O–H groups in total. The molecule has 0 atom stereocenters. The number of hydrogen-bond donors (Lipinski definition) is 1. The summed E-state index contributed by atoms with van der Waals surface area (Å²) >= 11 is 0. The third kappa shape index (κ3) is 3.72. The summed E-state index contributed by atoms with van der Waals surface area (Å²) in [4.78, 5) is 6.83. The minimum absolute atomic E-state index is 0.0294. The Kier molecular flexibility index (Phi) is 4.46. The standard InChI is InChI=1S/C16H25N3/c1-16(2,14-9-5-3-6-10-14)13-18-15(17)19-11-7-4-8-12-19/h3,5-6,9-10H,4,7-8,11-13H2,1-2H3,(H2,17,18). The van der Waals surface area contributed by atoms with Crippen LogP contribution in [0, 0.1) is 0 Å². The van der Waals surface area contributed by atoms with E-state index in [1.165, 1.54) is 24.8 Å². The third-order valence-electron chi connectivity index (χ3n) is 3.87. The third-order valence-corrected chi connectivity index (χ3v) is 3.87. The summed E-state index contributed by atoms with van der Waals surface area (Å²) in [6.07, 6.45) is 3.79. The van der Waals surface area contributed by atoms with E-state index in [4.69, 9.17) is 5.73 Å². The van der Waals surface area contributed by atoms with Crippen molar-refractivity contribution in [3.63, 3.8) is 0 Å². The van der Waals surface area contributed by atoms with Crippen LogP contribution in [0.2, 0.25) is 0 Å². The maximum absolute atomic E-state index is 6.11. The van der Waals surface area contributed by atoms with Crippen LogP contribution in [0.15, 0.2) is 35.3 Å². The number of hydrogen-bond acceptors (Lipinski definition) is 1. The van der Waals surface area contributed by atoms with Gasteiger partial charge < -0.3 is 10.6 Å². The molecule has 1 aromatic carbocycles. The van der Waals surface area contributed by atoms with Gasteiger partial charge in [0.2, 0.25) is 0 Å². The van der Waals surface area contributed by atoms with E-state index in [9.17, 15) is 0 Å². The maximum Gasteiger partial charge on any atom is 0.191 e. The predicted molar refractivity (Wildman–Crippen MR) is 81.4 cm³/mol. The molecule has 104 valence electrons. The number of aliphatic imine (C=N–C) groups is 1. The molecule has 0 aromatic heterocycles. The lowest BCUT2D eigenvalue weighted by Gasteiger charge is -2.29. The zero-order valence-electron chi connectivity index (χ0n) is 12.1. The fourth-order valence-electron chi connectivity index (χ4n) is 2.48. The van der Waals surface area contributed by atoms with Crippen LogP contribution in [-0.2, 0) is 5.41 Å². The topological polar surface area (TPSA) is 41.6 Å². The first-order valence-electron chi connectivity index (χ1n) is 7.20. The number of nitrogens with two attached hydrogens (primary N) is 1. The van der Waals surface area contributed by atoms with Gasteiger partial charge in [0.15, 0.2) is 5.96 Å². The molecular formula is C16H25N3. The van der Waals surface area contributed by atoms with Crippen molar-refractivity contribution < 1.29 is 0 Å². The highest BCUT2D eigenvalue weighted by atomic mass is 15.3. The van der Waals surface area contributed by atoms with Crippen LogP contribution in [0.3, 0.4) is 0 Å². The Morgan fingerprint density at radius 3 is 2.42 bits per heavy atom. The molecule has 19 heavy (non-hydrogen) atoms. The average molecular weight is 259 g/mol. The summed E-state index contributed by atoms with van der Waals surface area (Å²) in [6, 6.07) is 10.5. The first-order valence-corrected chi connectivity index (χ1v) is 7.20. The SMILES string of the molecule is CC(C)(CN=C(N)N1CCCCC1)c1ccccc1. The lowest BCUT2D eigenvalue weighted by Crippen LogP contribution is -2.41. The smallest absolute Gasteiger partial charge is 0.191 e. The number of rotatable bonds is 3. The van der Waals surface area contributed by atoms with Crippen molar-refractivity contribution in [3.8, 4) is 0 Å². The van der Waals surface area contributed by atoms with Gasteiger partial charge in [0.25, 0.3) is 0 Å². The summed E-state index contributed by atoms with van der Waals surface area (Å²) in [5, 5.41) is 0. The molecule has 0 radical (unpaired) electrons. The highest BCUT2D eigenvalue weighted by Gasteiger charge is 2.20. The molecule has 0 saturated carbocycles. The number of guanidine groups is 1.